The number of aliphatic carboxylic acids is 1. The second-order valence-electron chi connectivity index (χ2n) is 7.09. The van der Waals surface area contributed by atoms with Crippen molar-refractivity contribution >= 4 is 11.8 Å². The lowest BCUT2D eigenvalue weighted by molar-refractivity contribution is -0.159. The Morgan fingerprint density at radius 2 is 1.90 bits per heavy atom. The summed E-state index contributed by atoms with van der Waals surface area (Å²) >= 11 is 0. The van der Waals surface area contributed by atoms with Gasteiger partial charge in [-0.3, -0.25) is 5.10 Å². The molecule has 8 heteroatoms. The van der Waals surface area contributed by atoms with E-state index in [0.717, 1.165) is 11.1 Å². The van der Waals surface area contributed by atoms with Gasteiger partial charge in [-0.05, 0) is 36.4 Å². The number of aromatic nitrogens is 2. The molecule has 2 aliphatic rings. The molecule has 148 valence electrons. The van der Waals surface area contributed by atoms with E-state index >= 15 is 0 Å². The van der Waals surface area contributed by atoms with E-state index in [-0.39, 0.29) is 12.5 Å². The molecule has 0 aliphatic carbocycles. The van der Waals surface area contributed by atoms with Crippen molar-refractivity contribution in [2.45, 2.75) is 18.1 Å². The highest BCUT2D eigenvalue weighted by Crippen LogP contribution is 2.54. The van der Waals surface area contributed by atoms with E-state index in [2.05, 4.69) is 15.5 Å². The molecule has 0 spiro atoms. The summed E-state index contributed by atoms with van der Waals surface area (Å²) in [5.74, 6) is 1.23. The average Bonchev–Trinajstić information content (AvgIpc) is 3.18. The molecule has 3 N–H and O–H groups in total. The number of rotatable bonds is 4. The number of aromatic amines is 1. The Kier molecular flexibility index (Phi) is 3.70. The summed E-state index contributed by atoms with van der Waals surface area (Å²) < 4.78 is 16.7. The van der Waals surface area contributed by atoms with Crippen LogP contribution in [0, 0.1) is 0 Å². The SMILES string of the molecule is COc1ccc(-c2[nH]nc3c2[C@@]2(C(=O)O)C[C@@H](N3)c3ccc(OC)cc3O2)cc1. The average molecular weight is 393 g/mol. The number of nitrogens with one attached hydrogen (secondary N) is 2. The number of methoxy groups -OCH3 is 2. The molecule has 0 saturated heterocycles. The highest BCUT2D eigenvalue weighted by Gasteiger charge is 2.55. The number of carboxylic acid groups (broad SMARTS) is 1. The summed E-state index contributed by atoms with van der Waals surface area (Å²) in [6.45, 7) is 0. The normalized spacial score (nSPS) is 21.2. The Morgan fingerprint density at radius 3 is 2.59 bits per heavy atom. The van der Waals surface area contributed by atoms with E-state index in [0.29, 0.717) is 34.3 Å². The summed E-state index contributed by atoms with van der Waals surface area (Å²) in [5, 5.41) is 21.0. The van der Waals surface area contributed by atoms with Gasteiger partial charge >= 0.3 is 5.97 Å². The van der Waals surface area contributed by atoms with E-state index in [1.54, 1.807) is 20.3 Å². The number of ether oxygens (including phenoxy) is 3. The molecule has 2 bridgehead atoms. The maximum atomic E-state index is 12.6. The number of benzene rings is 2. The Bertz CT molecular complexity index is 1110. The van der Waals surface area contributed by atoms with Crippen LogP contribution >= 0.6 is 0 Å². The smallest absolute Gasteiger partial charge is 0.353 e. The first-order valence-corrected chi connectivity index (χ1v) is 9.16. The van der Waals surface area contributed by atoms with Crippen molar-refractivity contribution in [3.8, 4) is 28.5 Å². The number of hydrogen-bond donors (Lipinski definition) is 3. The van der Waals surface area contributed by atoms with E-state index < -0.39 is 11.6 Å². The van der Waals surface area contributed by atoms with Crippen LogP contribution in [-0.2, 0) is 10.4 Å². The fourth-order valence-electron chi connectivity index (χ4n) is 4.14. The lowest BCUT2D eigenvalue weighted by atomic mass is 9.78. The van der Waals surface area contributed by atoms with Gasteiger partial charge in [0, 0.05) is 23.6 Å². The van der Waals surface area contributed by atoms with E-state index in [9.17, 15) is 9.90 Å². The van der Waals surface area contributed by atoms with Gasteiger partial charge in [-0.1, -0.05) is 0 Å². The molecule has 8 nitrogen and oxygen atoms in total. The number of anilines is 1. The molecule has 1 aromatic heterocycles. The number of carbonyl (C=O) groups is 1. The molecule has 5 rings (SSSR count). The minimum absolute atomic E-state index is 0.236. The van der Waals surface area contributed by atoms with Gasteiger partial charge < -0.3 is 24.6 Å². The maximum absolute atomic E-state index is 12.6. The lowest BCUT2D eigenvalue weighted by Gasteiger charge is -2.43. The quantitative estimate of drug-likeness (QED) is 0.624. The summed E-state index contributed by atoms with van der Waals surface area (Å²) in [5.41, 5.74) is 1.19. The van der Waals surface area contributed by atoms with Gasteiger partial charge in [-0.2, -0.15) is 5.10 Å². The largest absolute Gasteiger partial charge is 0.497 e. The fourth-order valence-corrected chi connectivity index (χ4v) is 4.14. The highest BCUT2D eigenvalue weighted by atomic mass is 16.5. The van der Waals surface area contributed by atoms with Crippen LogP contribution in [0.4, 0.5) is 5.82 Å². The van der Waals surface area contributed by atoms with Gasteiger partial charge in [-0.15, -0.1) is 0 Å². The van der Waals surface area contributed by atoms with Crippen LogP contribution in [-0.4, -0.2) is 35.5 Å². The third-order valence-electron chi connectivity index (χ3n) is 5.58. The summed E-state index contributed by atoms with van der Waals surface area (Å²) in [6, 6.07) is 12.6. The monoisotopic (exact) mass is 393 g/mol. The Morgan fingerprint density at radius 1 is 1.17 bits per heavy atom. The molecule has 2 aliphatic heterocycles. The van der Waals surface area contributed by atoms with Gasteiger partial charge in [0.05, 0.1) is 31.5 Å². The van der Waals surface area contributed by atoms with Crippen molar-refractivity contribution in [1.82, 2.24) is 10.2 Å². The van der Waals surface area contributed by atoms with Gasteiger partial charge in [-0.25, -0.2) is 4.79 Å². The van der Waals surface area contributed by atoms with Gasteiger partial charge in [0.2, 0.25) is 5.60 Å². The second-order valence-corrected chi connectivity index (χ2v) is 7.09. The molecule has 3 aromatic rings. The van der Waals surface area contributed by atoms with Crippen molar-refractivity contribution in [2.75, 3.05) is 19.5 Å². The summed E-state index contributed by atoms with van der Waals surface area (Å²) in [6.07, 6.45) is 0.247. The van der Waals surface area contributed by atoms with Crippen LogP contribution in [0.1, 0.15) is 23.6 Å². The zero-order valence-electron chi connectivity index (χ0n) is 15.9. The molecule has 0 radical (unpaired) electrons. The van der Waals surface area contributed by atoms with Crippen LogP contribution < -0.4 is 19.5 Å². The third kappa shape index (κ3) is 2.45. The second kappa shape index (κ2) is 6.16. The molecule has 0 saturated carbocycles. The van der Waals surface area contributed by atoms with Crippen molar-refractivity contribution < 1.29 is 24.1 Å². The van der Waals surface area contributed by atoms with Crippen LogP contribution in [0.2, 0.25) is 0 Å². The Hall–Kier alpha value is -3.68. The zero-order chi connectivity index (χ0) is 20.2. The first-order chi connectivity index (χ1) is 14.1. The molecule has 0 fully saturated rings. The number of fused-ring (bicyclic) bond motifs is 6. The number of carboxylic acids is 1. The Balaban J connectivity index is 1.68. The molecule has 2 atom stereocenters. The third-order valence-corrected chi connectivity index (χ3v) is 5.58. The maximum Gasteiger partial charge on any atom is 0.353 e. The number of H-pyrrole nitrogens is 1. The van der Waals surface area contributed by atoms with Crippen molar-refractivity contribution in [3.05, 3.63) is 53.6 Å². The Labute approximate surface area is 166 Å². The van der Waals surface area contributed by atoms with Gasteiger partial charge in [0.1, 0.15) is 17.2 Å². The minimum Gasteiger partial charge on any atom is -0.497 e. The first-order valence-electron chi connectivity index (χ1n) is 9.16. The van der Waals surface area contributed by atoms with Crippen molar-refractivity contribution in [1.29, 1.82) is 0 Å². The topological polar surface area (TPSA) is 106 Å². The molecule has 2 aromatic carbocycles. The van der Waals surface area contributed by atoms with E-state index in [4.69, 9.17) is 14.2 Å². The zero-order valence-corrected chi connectivity index (χ0v) is 15.9. The van der Waals surface area contributed by atoms with E-state index in [1.165, 1.54) is 0 Å². The first kappa shape index (κ1) is 17.4. The fraction of sp³-hybridized carbons (Fsp3) is 0.238. The standard InChI is InChI=1S/C21H19N3O5/c1-27-12-5-3-11(4-6-12)18-17-19(24-23-18)22-15-10-21(17,20(25)26)29-16-9-13(28-2)7-8-14(15)16/h3-9,15H,10H2,1-2H3,(H,25,26)(H2,22,23,24)/t15-,21-/m1/s1. The minimum atomic E-state index is -1.56. The number of nitrogens with zero attached hydrogens (tertiary/aromatic N) is 1. The van der Waals surface area contributed by atoms with Crippen LogP contribution in [0.15, 0.2) is 42.5 Å². The van der Waals surface area contributed by atoms with Crippen LogP contribution in [0.3, 0.4) is 0 Å². The van der Waals surface area contributed by atoms with Crippen LogP contribution in [0.5, 0.6) is 17.2 Å². The van der Waals surface area contributed by atoms with Gasteiger partial charge in [0.25, 0.3) is 0 Å². The lowest BCUT2D eigenvalue weighted by Crippen LogP contribution is -2.49. The van der Waals surface area contributed by atoms with E-state index in [1.807, 2.05) is 36.4 Å². The summed E-state index contributed by atoms with van der Waals surface area (Å²) in [4.78, 5) is 12.6. The predicted molar refractivity (Wildman–Crippen MR) is 104 cm³/mol. The predicted octanol–water partition coefficient (Wildman–Crippen LogP) is 3.32. The van der Waals surface area contributed by atoms with Crippen LogP contribution in [0.25, 0.3) is 11.3 Å². The molecular formula is C21H19N3O5. The molecule has 0 amide bonds. The van der Waals surface area contributed by atoms with Crippen molar-refractivity contribution in [3.63, 3.8) is 0 Å². The summed E-state index contributed by atoms with van der Waals surface area (Å²) in [7, 11) is 3.16. The van der Waals surface area contributed by atoms with Gasteiger partial charge in [0.15, 0.2) is 5.82 Å². The highest BCUT2D eigenvalue weighted by molar-refractivity contribution is 5.89. The number of hydrogen-bond acceptors (Lipinski definition) is 6. The van der Waals surface area contributed by atoms with Crippen molar-refractivity contribution in [2.24, 2.45) is 0 Å². The molecule has 3 heterocycles. The molecular weight excluding hydrogens is 374 g/mol. The molecule has 0 unspecified atom stereocenters. The molecule has 29 heavy (non-hydrogen) atoms.